The average Bonchev–Trinajstić information content (AvgIpc) is 3.24. The second kappa shape index (κ2) is 9.28. The first-order chi connectivity index (χ1) is 17.7. The van der Waals surface area contributed by atoms with Crippen molar-refractivity contribution in [3.63, 3.8) is 0 Å². The van der Waals surface area contributed by atoms with Gasteiger partial charge in [-0.25, -0.2) is 4.79 Å². The van der Waals surface area contributed by atoms with Crippen LogP contribution in [0.5, 0.6) is 0 Å². The number of ketones is 1. The summed E-state index contributed by atoms with van der Waals surface area (Å²) in [5.41, 5.74) is 5.74. The molecular formula is C31H28N2O3. The molecule has 1 aliphatic carbocycles. The van der Waals surface area contributed by atoms with E-state index in [9.17, 15) is 14.9 Å². The molecule has 36 heavy (non-hydrogen) atoms. The van der Waals surface area contributed by atoms with Crippen molar-refractivity contribution in [2.75, 3.05) is 6.61 Å². The molecule has 2 aliphatic heterocycles. The lowest BCUT2D eigenvalue weighted by molar-refractivity contribution is 0.00650. The van der Waals surface area contributed by atoms with E-state index in [1.54, 1.807) is 24.3 Å². The Morgan fingerprint density at radius 1 is 0.861 bits per heavy atom. The lowest BCUT2D eigenvalue weighted by atomic mass is 9.75. The second-order valence-electron chi connectivity index (χ2n) is 10.1. The minimum absolute atomic E-state index is 0.00338. The highest BCUT2D eigenvalue weighted by molar-refractivity contribution is 6.00. The number of Topliss-reactive ketones (excluding diaryl/α,β-unsaturated/α-hetero) is 1. The number of amides is 1. The molecular weight excluding hydrogens is 448 g/mol. The Kier molecular flexibility index (Phi) is 5.81. The van der Waals surface area contributed by atoms with E-state index in [2.05, 4.69) is 30.3 Å². The highest BCUT2D eigenvalue weighted by Crippen LogP contribution is 2.45. The molecule has 180 valence electrons. The first kappa shape index (κ1) is 22.5. The Balaban J connectivity index is 1.17. The van der Waals surface area contributed by atoms with Crippen molar-refractivity contribution >= 4 is 11.9 Å². The minimum Gasteiger partial charge on any atom is -0.448 e. The van der Waals surface area contributed by atoms with Crippen molar-refractivity contribution < 1.29 is 14.3 Å². The van der Waals surface area contributed by atoms with Gasteiger partial charge in [-0.2, -0.15) is 5.26 Å². The Morgan fingerprint density at radius 3 is 2.08 bits per heavy atom. The summed E-state index contributed by atoms with van der Waals surface area (Å²) in [4.78, 5) is 28.7. The van der Waals surface area contributed by atoms with Gasteiger partial charge < -0.3 is 9.64 Å². The smallest absolute Gasteiger partial charge is 0.410 e. The number of hydrogen-bond donors (Lipinski definition) is 0. The summed E-state index contributed by atoms with van der Waals surface area (Å²) >= 11 is 0. The number of nitrogens with zero attached hydrogens (tertiary/aromatic N) is 2. The molecule has 0 aromatic heterocycles. The number of carbonyl (C=O) groups excluding carboxylic acids is 2. The van der Waals surface area contributed by atoms with Gasteiger partial charge in [0.05, 0.1) is 11.6 Å². The van der Waals surface area contributed by atoms with E-state index >= 15 is 0 Å². The van der Waals surface area contributed by atoms with E-state index in [1.807, 2.05) is 29.2 Å². The van der Waals surface area contributed by atoms with Gasteiger partial charge in [-0.1, -0.05) is 66.7 Å². The molecule has 5 heteroatoms. The van der Waals surface area contributed by atoms with Crippen molar-refractivity contribution in [1.82, 2.24) is 4.90 Å². The molecule has 0 radical (unpaired) electrons. The molecule has 2 bridgehead atoms. The van der Waals surface area contributed by atoms with Gasteiger partial charge in [0.2, 0.25) is 0 Å². The Labute approximate surface area is 211 Å². The summed E-state index contributed by atoms with van der Waals surface area (Å²) in [7, 11) is 0. The van der Waals surface area contributed by atoms with Crippen LogP contribution in [0.4, 0.5) is 4.79 Å². The SMILES string of the molecule is N#Cc1ccccc1C(=O)C1CC2CCCC(C1)N2C(=O)OCC1c2ccccc2-c2ccccc21. The van der Waals surface area contributed by atoms with Crippen molar-refractivity contribution in [3.05, 3.63) is 95.1 Å². The molecule has 3 aromatic carbocycles. The molecule has 2 saturated heterocycles. The normalized spacial score (nSPS) is 22.3. The lowest BCUT2D eigenvalue weighted by Gasteiger charge is -2.47. The van der Waals surface area contributed by atoms with E-state index in [0.717, 1.165) is 19.3 Å². The van der Waals surface area contributed by atoms with Crippen LogP contribution in [0.25, 0.3) is 11.1 Å². The van der Waals surface area contributed by atoms with Crippen LogP contribution in [0, 0.1) is 17.2 Å². The highest BCUT2D eigenvalue weighted by Gasteiger charge is 2.44. The van der Waals surface area contributed by atoms with Gasteiger partial charge in [0, 0.05) is 29.5 Å². The van der Waals surface area contributed by atoms with Gasteiger partial charge in [0.1, 0.15) is 6.61 Å². The third-order valence-electron chi connectivity index (χ3n) is 8.21. The largest absolute Gasteiger partial charge is 0.448 e. The van der Waals surface area contributed by atoms with Gasteiger partial charge in [0.25, 0.3) is 0 Å². The summed E-state index contributed by atoms with van der Waals surface area (Å²) in [6, 6.07) is 25.8. The van der Waals surface area contributed by atoms with Crippen LogP contribution in [0.2, 0.25) is 0 Å². The number of ether oxygens (including phenoxy) is 1. The van der Waals surface area contributed by atoms with Crippen molar-refractivity contribution in [2.45, 2.75) is 50.1 Å². The molecule has 3 aromatic rings. The van der Waals surface area contributed by atoms with E-state index in [1.165, 1.54) is 22.3 Å². The van der Waals surface area contributed by atoms with E-state index in [4.69, 9.17) is 4.74 Å². The number of benzene rings is 3. The van der Waals surface area contributed by atoms with Crippen LogP contribution < -0.4 is 0 Å². The van der Waals surface area contributed by atoms with Crippen LogP contribution in [0.3, 0.4) is 0 Å². The Morgan fingerprint density at radius 2 is 1.44 bits per heavy atom. The molecule has 1 amide bonds. The standard InChI is InChI=1S/C31H28N2O3/c32-18-20-8-1-2-11-24(20)30(34)21-16-22-9-7-10-23(17-21)33(22)31(35)36-19-29-27-14-5-3-12-25(27)26-13-4-6-15-28(26)29/h1-6,8,11-15,21-23,29H,7,9-10,16-17,19H2. The maximum atomic E-state index is 13.4. The molecule has 2 fully saturated rings. The second-order valence-corrected chi connectivity index (χ2v) is 10.1. The predicted molar refractivity (Wildman–Crippen MR) is 137 cm³/mol. The Hall–Kier alpha value is -3.91. The van der Waals surface area contributed by atoms with E-state index < -0.39 is 0 Å². The molecule has 2 atom stereocenters. The number of fused-ring (bicyclic) bond motifs is 5. The van der Waals surface area contributed by atoms with E-state index in [-0.39, 0.29) is 35.8 Å². The fraction of sp³-hybridized carbons (Fsp3) is 0.323. The number of rotatable bonds is 4. The molecule has 6 rings (SSSR count). The fourth-order valence-electron chi connectivity index (χ4n) is 6.58. The third kappa shape index (κ3) is 3.78. The topological polar surface area (TPSA) is 70.4 Å². The monoisotopic (exact) mass is 476 g/mol. The summed E-state index contributed by atoms with van der Waals surface area (Å²) in [5, 5.41) is 9.44. The molecule has 3 aliphatic rings. The maximum absolute atomic E-state index is 13.4. The van der Waals surface area contributed by atoms with Crippen LogP contribution in [0.1, 0.15) is 65.1 Å². The number of nitriles is 1. The highest BCUT2D eigenvalue weighted by atomic mass is 16.6. The molecule has 2 heterocycles. The van der Waals surface area contributed by atoms with Gasteiger partial charge in [0.15, 0.2) is 5.78 Å². The zero-order valence-corrected chi connectivity index (χ0v) is 20.1. The summed E-state index contributed by atoms with van der Waals surface area (Å²) in [5.74, 6) is -0.119. The summed E-state index contributed by atoms with van der Waals surface area (Å²) < 4.78 is 5.99. The summed E-state index contributed by atoms with van der Waals surface area (Å²) in [6.45, 7) is 0.306. The zero-order valence-electron chi connectivity index (χ0n) is 20.1. The molecule has 0 N–H and O–H groups in total. The van der Waals surface area contributed by atoms with Crippen molar-refractivity contribution in [1.29, 1.82) is 5.26 Å². The average molecular weight is 477 g/mol. The van der Waals surface area contributed by atoms with Crippen LogP contribution in [-0.4, -0.2) is 35.5 Å². The van der Waals surface area contributed by atoms with E-state index in [0.29, 0.717) is 30.6 Å². The molecule has 2 unspecified atom stereocenters. The number of piperidine rings is 2. The first-order valence-electron chi connectivity index (χ1n) is 12.8. The Bertz CT molecular complexity index is 1310. The molecule has 0 saturated carbocycles. The minimum atomic E-state index is -0.269. The number of carbonyl (C=O) groups is 2. The van der Waals surface area contributed by atoms with Crippen LogP contribution in [-0.2, 0) is 4.74 Å². The summed E-state index contributed by atoms with van der Waals surface area (Å²) in [6.07, 6.45) is 3.79. The zero-order chi connectivity index (χ0) is 24.6. The quantitative estimate of drug-likeness (QED) is 0.413. The maximum Gasteiger partial charge on any atom is 0.410 e. The van der Waals surface area contributed by atoms with Gasteiger partial charge >= 0.3 is 6.09 Å². The van der Waals surface area contributed by atoms with Crippen molar-refractivity contribution in [2.24, 2.45) is 5.92 Å². The van der Waals surface area contributed by atoms with Crippen LogP contribution in [0.15, 0.2) is 72.8 Å². The van der Waals surface area contributed by atoms with Crippen LogP contribution >= 0.6 is 0 Å². The lowest BCUT2D eigenvalue weighted by Crippen LogP contribution is -2.56. The fourth-order valence-corrected chi connectivity index (χ4v) is 6.58. The van der Waals surface area contributed by atoms with Gasteiger partial charge in [-0.05, 0) is 60.4 Å². The van der Waals surface area contributed by atoms with Gasteiger partial charge in [-0.3, -0.25) is 4.79 Å². The first-order valence-corrected chi connectivity index (χ1v) is 12.8. The van der Waals surface area contributed by atoms with Gasteiger partial charge in [-0.15, -0.1) is 0 Å². The number of hydrogen-bond acceptors (Lipinski definition) is 4. The third-order valence-corrected chi connectivity index (χ3v) is 8.21. The molecule has 5 nitrogen and oxygen atoms in total. The predicted octanol–water partition coefficient (Wildman–Crippen LogP) is 6.32. The molecule has 0 spiro atoms. The van der Waals surface area contributed by atoms with Crippen molar-refractivity contribution in [3.8, 4) is 17.2 Å².